The minimum Gasteiger partial charge on any atom is -0.490 e. The highest BCUT2D eigenvalue weighted by atomic mass is 35.5. The summed E-state index contributed by atoms with van der Waals surface area (Å²) in [7, 11) is 0. The summed E-state index contributed by atoms with van der Waals surface area (Å²) < 4.78 is 11.9. The second-order valence-electron chi connectivity index (χ2n) is 7.50. The van der Waals surface area contributed by atoms with E-state index in [-0.39, 0.29) is 24.1 Å². The quantitative estimate of drug-likeness (QED) is 0.787. The molecule has 3 aliphatic rings. The lowest BCUT2D eigenvalue weighted by Crippen LogP contribution is -2.51. The van der Waals surface area contributed by atoms with Gasteiger partial charge in [-0.15, -0.1) is 0 Å². The summed E-state index contributed by atoms with van der Waals surface area (Å²) in [5.41, 5.74) is 8.12. The van der Waals surface area contributed by atoms with Gasteiger partial charge in [-0.2, -0.15) is 0 Å². The molecule has 0 saturated heterocycles. The maximum absolute atomic E-state index is 10.3. The number of aromatic nitrogens is 1. The van der Waals surface area contributed by atoms with Gasteiger partial charge in [0.1, 0.15) is 24.0 Å². The summed E-state index contributed by atoms with van der Waals surface area (Å²) in [6.07, 6.45) is 5.18. The molecular formula is C20H20ClN3O3. The number of hydrogen-bond donors (Lipinski definition) is 2. The first-order chi connectivity index (χ1) is 13.0. The van der Waals surface area contributed by atoms with Gasteiger partial charge in [-0.1, -0.05) is 17.7 Å². The molecule has 6 nitrogen and oxygen atoms in total. The Morgan fingerprint density at radius 3 is 2.85 bits per heavy atom. The molecule has 0 bridgehead atoms. The third-order valence-corrected chi connectivity index (χ3v) is 6.09. The van der Waals surface area contributed by atoms with E-state index in [1.54, 1.807) is 12.4 Å². The van der Waals surface area contributed by atoms with Gasteiger partial charge in [-0.25, -0.2) is 4.99 Å². The molecule has 2 aromatic rings. The van der Waals surface area contributed by atoms with Crippen LogP contribution in [0.2, 0.25) is 5.02 Å². The molecule has 1 aromatic carbocycles. The predicted octanol–water partition coefficient (Wildman–Crippen LogP) is 2.86. The molecule has 7 heteroatoms. The molecule has 0 radical (unpaired) electrons. The van der Waals surface area contributed by atoms with Crippen molar-refractivity contribution < 1.29 is 14.6 Å². The van der Waals surface area contributed by atoms with Crippen LogP contribution in [0.3, 0.4) is 0 Å². The molecule has 1 aliphatic carbocycles. The van der Waals surface area contributed by atoms with Crippen molar-refractivity contribution in [2.75, 3.05) is 6.61 Å². The molecule has 5 rings (SSSR count). The maximum Gasteiger partial charge on any atom is 0.283 e. The predicted molar refractivity (Wildman–Crippen MR) is 102 cm³/mol. The normalized spacial score (nSPS) is 31.5. The van der Waals surface area contributed by atoms with Crippen molar-refractivity contribution in [3.05, 3.63) is 47.2 Å². The number of halogens is 1. The van der Waals surface area contributed by atoms with E-state index in [2.05, 4.69) is 11.1 Å². The molecule has 1 fully saturated rings. The Balaban J connectivity index is 1.66. The topological polar surface area (TPSA) is 90.0 Å². The van der Waals surface area contributed by atoms with Crippen LogP contribution in [0, 0.1) is 5.92 Å². The lowest BCUT2D eigenvalue weighted by molar-refractivity contribution is -0.0359. The number of nitrogens with two attached hydrogens (primary N) is 1. The third-order valence-electron chi connectivity index (χ3n) is 5.88. The first kappa shape index (κ1) is 16.8. The summed E-state index contributed by atoms with van der Waals surface area (Å²) in [6.45, 7) is 0.361. The zero-order valence-corrected chi connectivity index (χ0v) is 15.4. The standard InChI is InChI=1S/C20H20ClN3O3/c21-13-5-12(8-23-9-13)11-1-3-17-15(6-11)20(10-26-19(22)24-20)16-7-14(25)2-4-18(16)27-17/h1,3,5-6,8-9,14,16,18,25H,2,4,7,10H2,(H2,22,24)/t14-,16-,18-,20+/m1/s1. The summed E-state index contributed by atoms with van der Waals surface area (Å²) in [5, 5.41) is 10.9. The summed E-state index contributed by atoms with van der Waals surface area (Å²) >= 11 is 6.11. The van der Waals surface area contributed by atoms with Crippen molar-refractivity contribution >= 4 is 17.6 Å². The van der Waals surface area contributed by atoms with Crippen LogP contribution in [-0.2, 0) is 10.3 Å². The highest BCUT2D eigenvalue weighted by molar-refractivity contribution is 6.30. The molecule has 1 spiro atoms. The van der Waals surface area contributed by atoms with Crippen LogP contribution >= 0.6 is 11.6 Å². The van der Waals surface area contributed by atoms with E-state index < -0.39 is 5.54 Å². The fraction of sp³-hybridized carbons (Fsp3) is 0.400. The Bertz CT molecular complexity index is 934. The van der Waals surface area contributed by atoms with Crippen LogP contribution in [0.1, 0.15) is 24.8 Å². The minimum absolute atomic E-state index is 0.00200. The minimum atomic E-state index is -0.633. The number of aliphatic imine (C=N–C) groups is 1. The highest BCUT2D eigenvalue weighted by Crippen LogP contribution is 2.53. The van der Waals surface area contributed by atoms with Gasteiger partial charge in [-0.05, 0) is 43.0 Å². The van der Waals surface area contributed by atoms with Crippen molar-refractivity contribution in [3.8, 4) is 16.9 Å². The van der Waals surface area contributed by atoms with Crippen LogP contribution in [0.25, 0.3) is 11.1 Å². The molecule has 4 atom stereocenters. The van der Waals surface area contributed by atoms with Crippen LogP contribution in [0.4, 0.5) is 0 Å². The number of aliphatic hydroxyl groups excluding tert-OH is 1. The number of fused-ring (bicyclic) bond motifs is 4. The van der Waals surface area contributed by atoms with E-state index in [1.807, 2.05) is 18.2 Å². The van der Waals surface area contributed by atoms with Gasteiger partial charge in [0.05, 0.1) is 11.1 Å². The van der Waals surface area contributed by atoms with Crippen LogP contribution in [0.15, 0.2) is 41.7 Å². The molecule has 3 N–H and O–H groups in total. The van der Waals surface area contributed by atoms with Gasteiger partial charge in [0.25, 0.3) is 6.02 Å². The summed E-state index contributed by atoms with van der Waals surface area (Å²) in [4.78, 5) is 8.91. The third kappa shape index (κ3) is 2.66. The average Bonchev–Trinajstić information content (AvgIpc) is 3.05. The molecular weight excluding hydrogens is 366 g/mol. The second kappa shape index (κ2) is 6.11. The molecule has 140 valence electrons. The van der Waals surface area contributed by atoms with Crippen LogP contribution < -0.4 is 10.5 Å². The Kier molecular flexibility index (Phi) is 3.81. The largest absolute Gasteiger partial charge is 0.490 e. The fourth-order valence-electron chi connectivity index (χ4n) is 4.62. The fourth-order valence-corrected chi connectivity index (χ4v) is 4.79. The maximum atomic E-state index is 10.3. The van der Waals surface area contributed by atoms with E-state index in [9.17, 15) is 5.11 Å². The van der Waals surface area contributed by atoms with Crippen molar-refractivity contribution in [3.63, 3.8) is 0 Å². The van der Waals surface area contributed by atoms with Gasteiger partial charge in [0.15, 0.2) is 0 Å². The molecule has 0 unspecified atom stereocenters. The number of rotatable bonds is 1. The molecule has 2 aliphatic heterocycles. The monoisotopic (exact) mass is 385 g/mol. The van der Waals surface area contributed by atoms with Crippen molar-refractivity contribution in [2.45, 2.75) is 37.0 Å². The van der Waals surface area contributed by atoms with Crippen molar-refractivity contribution in [2.24, 2.45) is 16.6 Å². The van der Waals surface area contributed by atoms with E-state index in [0.29, 0.717) is 18.1 Å². The second-order valence-corrected chi connectivity index (χ2v) is 7.93. The summed E-state index contributed by atoms with van der Waals surface area (Å²) in [5.74, 6) is 0.816. The van der Waals surface area contributed by atoms with Gasteiger partial charge < -0.3 is 20.3 Å². The molecule has 1 saturated carbocycles. The first-order valence-electron chi connectivity index (χ1n) is 9.13. The van der Waals surface area contributed by atoms with Gasteiger partial charge in [0, 0.05) is 29.4 Å². The number of nitrogens with zero attached hydrogens (tertiary/aromatic N) is 2. The van der Waals surface area contributed by atoms with Gasteiger partial charge in [0.2, 0.25) is 0 Å². The van der Waals surface area contributed by atoms with Crippen LogP contribution in [-0.4, -0.2) is 34.9 Å². The Morgan fingerprint density at radius 2 is 2.07 bits per heavy atom. The van der Waals surface area contributed by atoms with Crippen LogP contribution in [0.5, 0.6) is 5.75 Å². The molecule has 1 aromatic heterocycles. The van der Waals surface area contributed by atoms with E-state index in [1.165, 1.54) is 0 Å². The van der Waals surface area contributed by atoms with E-state index >= 15 is 0 Å². The number of pyridine rings is 1. The van der Waals surface area contributed by atoms with Gasteiger partial charge in [-0.3, -0.25) is 4.98 Å². The highest BCUT2D eigenvalue weighted by Gasteiger charge is 2.55. The number of benzene rings is 1. The SMILES string of the molecule is NC1=N[C@@]2(CO1)c1cc(-c3cncc(Cl)c3)ccc1O[C@@H]1CC[C@@H](O)C[C@H]12. The zero-order chi connectivity index (χ0) is 18.6. The number of ether oxygens (including phenoxy) is 2. The van der Waals surface area contributed by atoms with Crippen molar-refractivity contribution in [1.82, 2.24) is 4.98 Å². The Labute approximate surface area is 162 Å². The smallest absolute Gasteiger partial charge is 0.283 e. The zero-order valence-electron chi connectivity index (χ0n) is 14.6. The molecule has 3 heterocycles. The average molecular weight is 386 g/mol. The Morgan fingerprint density at radius 1 is 1.19 bits per heavy atom. The van der Waals surface area contributed by atoms with Crippen molar-refractivity contribution in [1.29, 1.82) is 0 Å². The number of amidine groups is 1. The van der Waals surface area contributed by atoms with E-state index in [4.69, 9.17) is 31.8 Å². The molecule has 0 amide bonds. The number of hydrogen-bond acceptors (Lipinski definition) is 6. The Hall–Kier alpha value is -2.31. The first-order valence-corrected chi connectivity index (χ1v) is 9.51. The summed E-state index contributed by atoms with van der Waals surface area (Å²) in [6, 6.07) is 8.10. The lowest BCUT2D eigenvalue weighted by Gasteiger charge is -2.47. The number of aliphatic hydroxyl groups is 1. The molecule has 27 heavy (non-hydrogen) atoms. The lowest BCUT2D eigenvalue weighted by atomic mass is 9.67. The van der Waals surface area contributed by atoms with E-state index in [0.717, 1.165) is 35.3 Å². The van der Waals surface area contributed by atoms with Gasteiger partial charge >= 0.3 is 0 Å².